The molecule has 0 fully saturated rings. The van der Waals surface area contributed by atoms with Crippen molar-refractivity contribution >= 4 is 12.4 Å². The third-order valence-electron chi connectivity index (χ3n) is 2.89. The molecule has 0 aliphatic heterocycles. The summed E-state index contributed by atoms with van der Waals surface area (Å²) in [7, 11) is 3.63. The summed E-state index contributed by atoms with van der Waals surface area (Å²) >= 11 is 0. The molecule has 1 aromatic carbocycles. The van der Waals surface area contributed by atoms with E-state index < -0.39 is 12.4 Å². The van der Waals surface area contributed by atoms with Crippen molar-refractivity contribution in [2.24, 2.45) is 0 Å². The second kappa shape index (κ2) is 11.0. The van der Waals surface area contributed by atoms with E-state index in [-0.39, 0.29) is 51.4 Å². The predicted octanol–water partition coefficient (Wildman–Crippen LogP) is -0.908. The molecule has 0 saturated carbocycles. The van der Waals surface area contributed by atoms with Crippen molar-refractivity contribution in [1.82, 2.24) is 4.90 Å². The normalized spacial score (nSPS) is 11.3. The molecule has 0 saturated heterocycles. The van der Waals surface area contributed by atoms with Crippen molar-refractivity contribution in [3.63, 3.8) is 0 Å². The maximum absolute atomic E-state index is 12.4. The third-order valence-corrected chi connectivity index (χ3v) is 2.89. The maximum Gasteiger partial charge on any atom is 1.00 e. The van der Waals surface area contributed by atoms with Crippen LogP contribution >= 0.6 is 0 Å². The molecule has 1 aromatic rings. The SMILES string of the molecule is COCCCN(C)CCOc1ccc([B-](F)(F)F)cc1.[K+]. The summed E-state index contributed by atoms with van der Waals surface area (Å²) in [5.41, 5.74) is -0.603. The van der Waals surface area contributed by atoms with E-state index in [9.17, 15) is 12.9 Å². The minimum absolute atomic E-state index is 0. The number of likely N-dealkylation sites (N-methyl/N-ethyl adjacent to an activating group) is 1. The van der Waals surface area contributed by atoms with Gasteiger partial charge in [-0.1, -0.05) is 12.1 Å². The van der Waals surface area contributed by atoms with Gasteiger partial charge in [-0.05, 0) is 25.6 Å². The van der Waals surface area contributed by atoms with Crippen LogP contribution in [0.3, 0.4) is 0 Å². The Bertz CT molecular complexity index is 390. The first-order chi connectivity index (χ1) is 9.43. The van der Waals surface area contributed by atoms with Gasteiger partial charge in [-0.3, -0.25) is 0 Å². The van der Waals surface area contributed by atoms with Gasteiger partial charge >= 0.3 is 58.4 Å². The third kappa shape index (κ3) is 9.22. The molecule has 21 heavy (non-hydrogen) atoms. The smallest absolute Gasteiger partial charge is 0.492 e. The van der Waals surface area contributed by atoms with Gasteiger partial charge in [0.05, 0.1) is 0 Å². The van der Waals surface area contributed by atoms with Crippen molar-refractivity contribution < 1.29 is 73.8 Å². The Morgan fingerprint density at radius 2 is 1.67 bits per heavy atom. The Morgan fingerprint density at radius 3 is 2.19 bits per heavy atom. The number of rotatable bonds is 9. The van der Waals surface area contributed by atoms with Crippen LogP contribution in [0, 0.1) is 0 Å². The van der Waals surface area contributed by atoms with Crippen LogP contribution in [0.5, 0.6) is 5.75 Å². The summed E-state index contributed by atoms with van der Waals surface area (Å²) in [6.07, 6.45) is 0.940. The fourth-order valence-electron chi connectivity index (χ4n) is 1.69. The number of hydrogen-bond acceptors (Lipinski definition) is 3. The summed E-state index contributed by atoms with van der Waals surface area (Å²) in [4.78, 5) is 2.09. The van der Waals surface area contributed by atoms with E-state index >= 15 is 0 Å². The first-order valence-electron chi connectivity index (χ1n) is 6.53. The van der Waals surface area contributed by atoms with Crippen LogP contribution in [-0.2, 0) is 4.74 Å². The minimum Gasteiger partial charge on any atom is -0.492 e. The van der Waals surface area contributed by atoms with Gasteiger partial charge in [0.25, 0.3) is 0 Å². The van der Waals surface area contributed by atoms with Gasteiger partial charge in [-0.2, -0.15) is 0 Å². The summed E-state index contributed by atoms with van der Waals surface area (Å²) in [5.74, 6) is 0.457. The molecule has 0 atom stereocenters. The summed E-state index contributed by atoms with van der Waals surface area (Å²) in [6, 6.07) is 4.82. The molecule has 0 aromatic heterocycles. The first-order valence-corrected chi connectivity index (χ1v) is 6.53. The Labute approximate surface area is 166 Å². The van der Waals surface area contributed by atoms with E-state index in [0.29, 0.717) is 25.5 Å². The van der Waals surface area contributed by atoms with Gasteiger partial charge in [-0.25, -0.2) is 0 Å². The molecule has 3 nitrogen and oxygen atoms in total. The standard InChI is InChI=1S/C13H20BF3NO2.K/c1-18(8-3-10-19-2)9-11-20-13-6-4-12(5-7-13)14(15,16)17;/h4-7H,3,8-11H2,1-2H3;/q-1;+1. The first kappa shape index (κ1) is 21.4. The molecule has 114 valence electrons. The van der Waals surface area contributed by atoms with Gasteiger partial charge in [0.15, 0.2) is 0 Å². The zero-order chi connectivity index (χ0) is 15.0. The Kier molecular flexibility index (Phi) is 11.3. The van der Waals surface area contributed by atoms with Crippen LogP contribution in [-0.4, -0.2) is 52.3 Å². The van der Waals surface area contributed by atoms with E-state index in [1.165, 1.54) is 12.1 Å². The minimum atomic E-state index is -4.93. The van der Waals surface area contributed by atoms with Gasteiger partial charge < -0.3 is 27.3 Å². The van der Waals surface area contributed by atoms with Gasteiger partial charge in [0.1, 0.15) is 12.4 Å². The number of halogens is 3. The fraction of sp³-hybridized carbons (Fsp3) is 0.538. The molecule has 0 aliphatic rings. The van der Waals surface area contributed by atoms with Crippen LogP contribution in [0.1, 0.15) is 6.42 Å². The van der Waals surface area contributed by atoms with Crippen molar-refractivity contribution in [1.29, 1.82) is 0 Å². The molecule has 0 unspecified atom stereocenters. The Balaban J connectivity index is 0.00000400. The summed E-state index contributed by atoms with van der Waals surface area (Å²) in [6.45, 7) is -2.16. The molecular weight excluding hydrogens is 309 g/mol. The van der Waals surface area contributed by atoms with Crippen LogP contribution in [0.2, 0.25) is 0 Å². The van der Waals surface area contributed by atoms with E-state index in [1.54, 1.807) is 7.11 Å². The number of ether oxygens (including phenoxy) is 2. The summed E-state index contributed by atoms with van der Waals surface area (Å²) in [5, 5.41) is 0. The zero-order valence-electron chi connectivity index (χ0n) is 12.8. The van der Waals surface area contributed by atoms with Crippen LogP contribution in [0.4, 0.5) is 12.9 Å². The molecular formula is C13H20BF3KNO2. The van der Waals surface area contributed by atoms with Crippen LogP contribution < -0.4 is 61.6 Å². The molecule has 0 N–H and O–H groups in total. The molecule has 0 amide bonds. The Morgan fingerprint density at radius 1 is 1.05 bits per heavy atom. The van der Waals surface area contributed by atoms with E-state index in [1.807, 2.05) is 7.05 Å². The number of methoxy groups -OCH3 is 1. The summed E-state index contributed by atoms with van der Waals surface area (Å²) < 4.78 is 47.7. The average Bonchev–Trinajstić information content (AvgIpc) is 2.38. The van der Waals surface area contributed by atoms with Crippen LogP contribution in [0.15, 0.2) is 24.3 Å². The van der Waals surface area contributed by atoms with Crippen LogP contribution in [0.25, 0.3) is 0 Å². The maximum atomic E-state index is 12.4. The molecule has 0 bridgehead atoms. The molecule has 0 radical (unpaired) electrons. The molecule has 0 spiro atoms. The quantitative estimate of drug-likeness (QED) is 0.433. The predicted molar refractivity (Wildman–Crippen MR) is 74.6 cm³/mol. The molecule has 1 rings (SSSR count). The number of nitrogens with zero attached hydrogens (tertiary/aromatic N) is 1. The Hall–Kier alpha value is 0.431. The second-order valence-electron chi connectivity index (χ2n) is 4.64. The largest absolute Gasteiger partial charge is 1.00 e. The fourth-order valence-corrected chi connectivity index (χ4v) is 1.69. The monoisotopic (exact) mass is 329 g/mol. The van der Waals surface area contributed by atoms with Gasteiger partial charge in [-0.15, -0.1) is 5.46 Å². The molecule has 0 aliphatic carbocycles. The van der Waals surface area contributed by atoms with E-state index in [4.69, 9.17) is 9.47 Å². The van der Waals surface area contributed by atoms with Gasteiger partial charge in [0, 0.05) is 26.8 Å². The van der Waals surface area contributed by atoms with Gasteiger partial charge in [0.2, 0.25) is 0 Å². The molecule has 0 heterocycles. The topological polar surface area (TPSA) is 21.7 Å². The number of hydrogen-bond donors (Lipinski definition) is 0. The second-order valence-corrected chi connectivity index (χ2v) is 4.64. The van der Waals surface area contributed by atoms with Crippen molar-refractivity contribution in [3.8, 4) is 5.75 Å². The average molecular weight is 329 g/mol. The van der Waals surface area contributed by atoms with Crippen molar-refractivity contribution in [2.45, 2.75) is 6.42 Å². The van der Waals surface area contributed by atoms with Crippen molar-refractivity contribution in [2.75, 3.05) is 40.5 Å². The van der Waals surface area contributed by atoms with E-state index in [2.05, 4.69) is 4.90 Å². The molecule has 8 heteroatoms. The van der Waals surface area contributed by atoms with E-state index in [0.717, 1.165) is 25.1 Å². The zero-order valence-corrected chi connectivity index (χ0v) is 15.9. The van der Waals surface area contributed by atoms with Crippen molar-refractivity contribution in [3.05, 3.63) is 24.3 Å². The number of benzene rings is 1.